The van der Waals surface area contributed by atoms with Gasteiger partial charge in [0.25, 0.3) is 0 Å². The number of carbonyl (C=O) groups excluding carboxylic acids is 4. The van der Waals surface area contributed by atoms with Gasteiger partial charge in [0.15, 0.2) is 18.3 Å². The first-order valence-electron chi connectivity index (χ1n) is 12.7. The highest BCUT2D eigenvalue weighted by molar-refractivity contribution is 7.99. The van der Waals surface area contributed by atoms with Crippen LogP contribution in [0.3, 0.4) is 0 Å². The highest BCUT2D eigenvalue weighted by Gasteiger charge is 2.52. The lowest BCUT2D eigenvalue weighted by Crippen LogP contribution is -2.59. The predicted molar refractivity (Wildman–Crippen MR) is 141 cm³/mol. The molecule has 0 spiro atoms. The minimum Gasteiger partial charge on any atom is -0.463 e. The van der Waals surface area contributed by atoms with E-state index in [-0.39, 0.29) is 12.5 Å². The van der Waals surface area contributed by atoms with Gasteiger partial charge in [-0.15, -0.1) is 11.8 Å². The van der Waals surface area contributed by atoms with Gasteiger partial charge in [0.1, 0.15) is 18.8 Å². The van der Waals surface area contributed by atoms with Crippen LogP contribution in [0.4, 0.5) is 0 Å². The molecular weight excluding hydrogens is 524 g/mol. The van der Waals surface area contributed by atoms with E-state index in [9.17, 15) is 19.2 Å². The molecule has 9 nitrogen and oxygen atoms in total. The Hall–Kier alpha value is -3.37. The second-order valence-electron chi connectivity index (χ2n) is 9.69. The number of carbonyl (C=O) groups is 4. The molecule has 0 saturated carbocycles. The lowest BCUT2D eigenvalue weighted by atomic mass is 9.87. The average molecular weight is 557 g/mol. The molecule has 0 amide bonds. The first-order valence-corrected chi connectivity index (χ1v) is 13.7. The molecule has 1 saturated heterocycles. The van der Waals surface area contributed by atoms with Crippen molar-refractivity contribution in [1.82, 2.24) is 0 Å². The van der Waals surface area contributed by atoms with Crippen LogP contribution in [0.25, 0.3) is 0 Å². The van der Waals surface area contributed by atoms with Crippen molar-refractivity contribution in [2.24, 2.45) is 0 Å². The van der Waals surface area contributed by atoms with Gasteiger partial charge in [-0.25, -0.2) is 0 Å². The standard InChI is InChI=1S/C29H32O9S/c1-15-6-8-20(9-7-15)23-14-39-25-11-10-21(12-22(23)25)26-28(36-18(4)32)29(37-19(5)33)27(35-17(3)31)24(38-26)13-34-16(2)30/h6-12,23-24,26-29H,13-14H2,1-5H3. The molecule has 2 aliphatic rings. The van der Waals surface area contributed by atoms with Gasteiger partial charge in [-0.2, -0.15) is 0 Å². The zero-order valence-corrected chi connectivity index (χ0v) is 23.3. The molecule has 39 heavy (non-hydrogen) atoms. The van der Waals surface area contributed by atoms with E-state index < -0.39 is 54.4 Å². The molecule has 0 bridgehead atoms. The molecule has 0 radical (unpaired) electrons. The van der Waals surface area contributed by atoms with Gasteiger partial charge in [0.05, 0.1) is 0 Å². The number of esters is 4. The van der Waals surface area contributed by atoms with Gasteiger partial charge >= 0.3 is 23.9 Å². The smallest absolute Gasteiger partial charge is 0.303 e. The predicted octanol–water partition coefficient (Wildman–Crippen LogP) is 4.03. The SMILES string of the molecule is CC(=O)OCC1OC(c2ccc3c(c2)C(c2ccc(C)cc2)CS3)C(OC(C)=O)C(OC(C)=O)C1OC(C)=O. The summed E-state index contributed by atoms with van der Waals surface area (Å²) >= 11 is 1.76. The van der Waals surface area contributed by atoms with Crippen LogP contribution in [0.15, 0.2) is 47.4 Å². The normalized spacial score (nSPS) is 25.8. The van der Waals surface area contributed by atoms with Crippen molar-refractivity contribution < 1.29 is 42.9 Å². The molecule has 0 aliphatic carbocycles. The molecule has 2 aromatic rings. The Bertz CT molecular complexity index is 1240. The Morgan fingerprint density at radius 2 is 1.38 bits per heavy atom. The maximum absolute atomic E-state index is 12.2. The van der Waals surface area contributed by atoms with E-state index in [4.69, 9.17) is 23.7 Å². The van der Waals surface area contributed by atoms with Crippen LogP contribution >= 0.6 is 11.8 Å². The third kappa shape index (κ3) is 6.80. The third-order valence-electron chi connectivity index (χ3n) is 6.61. The summed E-state index contributed by atoms with van der Waals surface area (Å²) in [5.41, 5.74) is 4.15. The molecule has 0 N–H and O–H groups in total. The number of aryl methyl sites for hydroxylation is 1. The fraction of sp³-hybridized carbons (Fsp3) is 0.448. The Morgan fingerprint density at radius 3 is 2.00 bits per heavy atom. The number of hydrogen-bond acceptors (Lipinski definition) is 10. The van der Waals surface area contributed by atoms with Crippen LogP contribution in [0.5, 0.6) is 0 Å². The summed E-state index contributed by atoms with van der Waals surface area (Å²) in [6, 6.07) is 14.3. The highest BCUT2D eigenvalue weighted by atomic mass is 32.2. The Labute approximate surface area is 231 Å². The molecule has 6 atom stereocenters. The number of fused-ring (bicyclic) bond motifs is 1. The van der Waals surface area contributed by atoms with E-state index >= 15 is 0 Å². The van der Waals surface area contributed by atoms with Crippen molar-refractivity contribution in [3.05, 3.63) is 64.7 Å². The summed E-state index contributed by atoms with van der Waals surface area (Å²) in [7, 11) is 0. The number of benzene rings is 2. The molecule has 10 heteroatoms. The van der Waals surface area contributed by atoms with Crippen molar-refractivity contribution in [2.45, 2.75) is 76.0 Å². The highest BCUT2D eigenvalue weighted by Crippen LogP contribution is 2.46. The molecule has 2 aliphatic heterocycles. The number of rotatable bonds is 7. The minimum absolute atomic E-state index is 0.149. The van der Waals surface area contributed by atoms with E-state index in [2.05, 4.69) is 24.3 Å². The Balaban J connectivity index is 1.76. The van der Waals surface area contributed by atoms with Crippen molar-refractivity contribution >= 4 is 35.6 Å². The summed E-state index contributed by atoms with van der Waals surface area (Å²) in [5.74, 6) is -1.48. The van der Waals surface area contributed by atoms with Crippen LogP contribution in [0.1, 0.15) is 62.0 Å². The van der Waals surface area contributed by atoms with Gasteiger partial charge in [-0.3, -0.25) is 19.2 Å². The molecule has 4 rings (SSSR count). The maximum Gasteiger partial charge on any atom is 0.303 e. The lowest BCUT2D eigenvalue weighted by Gasteiger charge is -2.44. The first-order chi connectivity index (χ1) is 18.5. The molecule has 2 aromatic carbocycles. The summed E-state index contributed by atoms with van der Waals surface area (Å²) in [5, 5.41) is 0. The molecule has 0 aromatic heterocycles. The van der Waals surface area contributed by atoms with Crippen LogP contribution in [0, 0.1) is 6.92 Å². The van der Waals surface area contributed by atoms with Gasteiger partial charge in [-0.1, -0.05) is 42.0 Å². The minimum atomic E-state index is -1.20. The van der Waals surface area contributed by atoms with Crippen LogP contribution in [0.2, 0.25) is 0 Å². The molecular formula is C29H32O9S. The Morgan fingerprint density at radius 1 is 0.795 bits per heavy atom. The first kappa shape index (κ1) is 28.6. The fourth-order valence-electron chi connectivity index (χ4n) is 4.98. The van der Waals surface area contributed by atoms with Gasteiger partial charge < -0.3 is 23.7 Å². The molecule has 2 heterocycles. The van der Waals surface area contributed by atoms with E-state index in [1.807, 2.05) is 25.1 Å². The van der Waals surface area contributed by atoms with Gasteiger partial charge in [-0.05, 0) is 29.7 Å². The van der Waals surface area contributed by atoms with Crippen molar-refractivity contribution in [1.29, 1.82) is 0 Å². The van der Waals surface area contributed by atoms with Gasteiger partial charge in [0.2, 0.25) is 0 Å². The quantitative estimate of drug-likeness (QED) is 0.366. The average Bonchev–Trinajstić information content (AvgIpc) is 3.28. The number of thioether (sulfide) groups is 1. The van der Waals surface area contributed by atoms with Crippen molar-refractivity contribution in [2.75, 3.05) is 12.4 Å². The van der Waals surface area contributed by atoms with E-state index in [0.717, 1.165) is 16.2 Å². The van der Waals surface area contributed by atoms with Crippen molar-refractivity contribution in [3.8, 4) is 0 Å². The van der Waals surface area contributed by atoms with E-state index in [1.54, 1.807) is 11.8 Å². The van der Waals surface area contributed by atoms with Crippen LogP contribution in [-0.2, 0) is 42.9 Å². The Kier molecular flexibility index (Phi) is 8.97. The summed E-state index contributed by atoms with van der Waals surface area (Å²) in [6.07, 6.45) is -5.41. The van der Waals surface area contributed by atoms with E-state index in [1.165, 1.54) is 38.8 Å². The zero-order chi connectivity index (χ0) is 28.3. The molecule has 1 fully saturated rings. The zero-order valence-electron chi connectivity index (χ0n) is 22.5. The maximum atomic E-state index is 12.2. The fourth-order valence-corrected chi connectivity index (χ4v) is 6.23. The van der Waals surface area contributed by atoms with Crippen molar-refractivity contribution in [3.63, 3.8) is 0 Å². The largest absolute Gasteiger partial charge is 0.463 e. The monoisotopic (exact) mass is 556 g/mol. The summed E-state index contributed by atoms with van der Waals surface area (Å²) in [6.45, 7) is 6.67. The van der Waals surface area contributed by atoms with Gasteiger partial charge in [0, 0.05) is 44.3 Å². The topological polar surface area (TPSA) is 114 Å². The third-order valence-corrected chi connectivity index (χ3v) is 7.80. The molecule has 208 valence electrons. The number of hydrogen-bond donors (Lipinski definition) is 0. The second kappa shape index (κ2) is 12.2. The lowest BCUT2D eigenvalue weighted by molar-refractivity contribution is -0.254. The van der Waals surface area contributed by atoms with Crippen LogP contribution < -0.4 is 0 Å². The summed E-state index contributed by atoms with van der Waals surface area (Å²) in [4.78, 5) is 49.1. The van der Waals surface area contributed by atoms with Crippen LogP contribution in [-0.4, -0.2) is 60.7 Å². The number of ether oxygens (including phenoxy) is 5. The summed E-state index contributed by atoms with van der Waals surface area (Å²) < 4.78 is 28.3. The molecule has 6 unspecified atom stereocenters. The van der Waals surface area contributed by atoms with E-state index in [0.29, 0.717) is 5.56 Å². The second-order valence-corrected chi connectivity index (χ2v) is 10.8.